The van der Waals surface area contributed by atoms with Crippen molar-refractivity contribution in [3.63, 3.8) is 0 Å². The van der Waals surface area contributed by atoms with Gasteiger partial charge in [0.15, 0.2) is 0 Å². The Bertz CT molecular complexity index is 248. The quantitative estimate of drug-likeness (QED) is 0.509. The molecule has 0 saturated heterocycles. The second-order valence-corrected chi connectivity index (χ2v) is 4.46. The predicted octanol–water partition coefficient (Wildman–Crippen LogP) is 3.00. The topological polar surface area (TPSA) is 9.23 Å². The van der Waals surface area contributed by atoms with E-state index < -0.39 is 0 Å². The smallest absolute Gasteiger partial charge is 0.146 e. The van der Waals surface area contributed by atoms with Crippen LogP contribution < -0.4 is 0 Å². The molecule has 1 aromatic rings. The average molecular weight is 222 g/mol. The summed E-state index contributed by atoms with van der Waals surface area (Å²) in [4.78, 5) is 0. The largest absolute Gasteiger partial charge is 0.421 e. The van der Waals surface area contributed by atoms with Crippen LogP contribution in [0.3, 0.4) is 0 Å². The Hall–Kier alpha value is -0.603. The van der Waals surface area contributed by atoms with Crippen molar-refractivity contribution in [2.75, 3.05) is 0 Å². The Kier molecular flexibility index (Phi) is 6.36. The van der Waals surface area contributed by atoms with E-state index in [0.29, 0.717) is 6.10 Å². The predicted molar refractivity (Wildman–Crippen MR) is 69.0 cm³/mol. The van der Waals surface area contributed by atoms with Crippen LogP contribution in [0.4, 0.5) is 0 Å². The summed E-state index contributed by atoms with van der Waals surface area (Å²) in [6, 6.07) is 10.6. The lowest BCUT2D eigenvalue weighted by Crippen LogP contribution is -2.02. The van der Waals surface area contributed by atoms with Crippen molar-refractivity contribution >= 4 is 10.5 Å². The van der Waals surface area contributed by atoms with Gasteiger partial charge in [0.05, 0.1) is 6.10 Å². The molecule has 0 aromatic heterocycles. The van der Waals surface area contributed by atoms with Gasteiger partial charge in [-0.25, -0.2) is 0 Å². The van der Waals surface area contributed by atoms with Gasteiger partial charge in [0.1, 0.15) is 10.5 Å². The van der Waals surface area contributed by atoms with E-state index in [2.05, 4.69) is 37.3 Å². The summed E-state index contributed by atoms with van der Waals surface area (Å²) in [5.74, 6) is 0. The molecule has 1 atom stereocenters. The molecule has 0 N–H and O–H groups in total. The summed E-state index contributed by atoms with van der Waals surface area (Å²) in [5.41, 5.74) is 1.34. The molecule has 84 valence electrons. The Morgan fingerprint density at radius 2 is 1.87 bits per heavy atom. The summed E-state index contributed by atoms with van der Waals surface area (Å²) in [5, 5.41) is 0. The molecule has 0 aliphatic carbocycles. The van der Waals surface area contributed by atoms with Crippen LogP contribution in [0.2, 0.25) is 0 Å². The van der Waals surface area contributed by atoms with Gasteiger partial charge in [-0.1, -0.05) is 62.9 Å². The molecule has 1 aromatic carbocycles. The molecule has 15 heavy (non-hydrogen) atoms. The first-order chi connectivity index (χ1) is 7.38. The molecule has 0 fully saturated rings. The van der Waals surface area contributed by atoms with Gasteiger partial charge in [-0.3, -0.25) is 0 Å². The van der Waals surface area contributed by atoms with E-state index >= 15 is 0 Å². The molecular formula is C13H22OSi. The second kappa shape index (κ2) is 7.66. The van der Waals surface area contributed by atoms with Gasteiger partial charge in [0.2, 0.25) is 0 Å². The van der Waals surface area contributed by atoms with E-state index in [4.69, 9.17) is 4.43 Å². The second-order valence-electron chi connectivity index (χ2n) is 3.98. The van der Waals surface area contributed by atoms with Gasteiger partial charge in [0.25, 0.3) is 0 Å². The summed E-state index contributed by atoms with van der Waals surface area (Å²) < 4.78 is 5.66. The van der Waals surface area contributed by atoms with Crippen molar-refractivity contribution in [1.29, 1.82) is 0 Å². The minimum absolute atomic E-state index is 0.342. The molecule has 0 bridgehead atoms. The minimum Gasteiger partial charge on any atom is -0.421 e. The van der Waals surface area contributed by atoms with Crippen LogP contribution in [0, 0.1) is 0 Å². The van der Waals surface area contributed by atoms with Crippen LogP contribution >= 0.6 is 0 Å². The first kappa shape index (κ1) is 12.5. The van der Waals surface area contributed by atoms with Gasteiger partial charge in [0, 0.05) is 0 Å². The van der Waals surface area contributed by atoms with Crippen molar-refractivity contribution in [3.8, 4) is 0 Å². The lowest BCUT2D eigenvalue weighted by molar-refractivity contribution is 0.209. The zero-order valence-corrected chi connectivity index (χ0v) is 11.9. The third-order valence-corrected chi connectivity index (χ3v) is 3.34. The average Bonchev–Trinajstić information content (AvgIpc) is 2.30. The van der Waals surface area contributed by atoms with E-state index in [-0.39, 0.29) is 0 Å². The van der Waals surface area contributed by atoms with Crippen LogP contribution in [0.15, 0.2) is 30.3 Å². The van der Waals surface area contributed by atoms with Crippen molar-refractivity contribution in [3.05, 3.63) is 35.9 Å². The van der Waals surface area contributed by atoms with Crippen LogP contribution in [-0.2, 0) is 4.43 Å². The van der Waals surface area contributed by atoms with E-state index in [1.54, 1.807) is 0 Å². The fraction of sp³-hybridized carbons (Fsp3) is 0.538. The number of benzene rings is 1. The maximum absolute atomic E-state index is 5.66. The molecule has 0 heterocycles. The molecule has 2 heteroatoms. The molecule has 1 unspecified atom stereocenters. The monoisotopic (exact) mass is 222 g/mol. The molecular weight excluding hydrogens is 200 g/mol. The van der Waals surface area contributed by atoms with Gasteiger partial charge >= 0.3 is 0 Å². The van der Waals surface area contributed by atoms with E-state index in [9.17, 15) is 0 Å². The van der Waals surface area contributed by atoms with E-state index in [1.165, 1.54) is 37.7 Å². The highest BCUT2D eigenvalue weighted by atomic mass is 28.2. The molecule has 1 nitrogen and oxygen atoms in total. The third kappa shape index (κ3) is 4.63. The standard InChI is InChI=1S/C13H22OSi/c1-2-3-4-8-11-13(14-15)12-9-6-5-7-10-12/h5-7,9-10,13H,2-4,8,11H2,1,15H3. The third-order valence-electron chi connectivity index (χ3n) is 2.78. The van der Waals surface area contributed by atoms with Gasteiger partial charge in [-0.2, -0.15) is 0 Å². The highest BCUT2D eigenvalue weighted by molar-refractivity contribution is 5.98. The Labute approximate surface area is 96.4 Å². The highest BCUT2D eigenvalue weighted by Crippen LogP contribution is 2.22. The zero-order valence-electron chi connectivity index (χ0n) is 9.91. The summed E-state index contributed by atoms with van der Waals surface area (Å²) in [6.45, 7) is 2.25. The molecule has 0 radical (unpaired) electrons. The Morgan fingerprint density at radius 1 is 1.13 bits per heavy atom. The molecule has 0 aliphatic heterocycles. The number of hydrogen-bond donors (Lipinski definition) is 0. The molecule has 0 spiro atoms. The molecule has 0 aliphatic rings. The molecule has 0 saturated carbocycles. The number of rotatable bonds is 7. The zero-order chi connectivity index (χ0) is 10.9. The van der Waals surface area contributed by atoms with Gasteiger partial charge in [-0.15, -0.1) is 0 Å². The van der Waals surface area contributed by atoms with Gasteiger partial charge in [-0.05, 0) is 12.0 Å². The first-order valence-corrected chi connectivity index (χ1v) is 6.78. The lowest BCUT2D eigenvalue weighted by Gasteiger charge is -2.16. The van der Waals surface area contributed by atoms with Crippen LogP contribution in [0.1, 0.15) is 50.7 Å². The lowest BCUT2D eigenvalue weighted by atomic mass is 10.0. The Balaban J connectivity index is 2.36. The summed E-state index contributed by atoms with van der Waals surface area (Å²) in [6.07, 6.45) is 6.80. The van der Waals surface area contributed by atoms with Crippen molar-refractivity contribution in [2.45, 2.75) is 45.1 Å². The molecule has 1 rings (SSSR count). The van der Waals surface area contributed by atoms with Crippen LogP contribution in [0.25, 0.3) is 0 Å². The number of hydrogen-bond acceptors (Lipinski definition) is 1. The fourth-order valence-corrected chi connectivity index (χ4v) is 2.35. The van der Waals surface area contributed by atoms with Crippen molar-refractivity contribution < 1.29 is 4.43 Å². The summed E-state index contributed by atoms with van der Waals surface area (Å²) >= 11 is 0. The fourth-order valence-electron chi connectivity index (χ4n) is 1.84. The van der Waals surface area contributed by atoms with Crippen LogP contribution in [0.5, 0.6) is 0 Å². The SMILES string of the molecule is CCCCCCC(O[SiH3])c1ccccc1. The first-order valence-electron chi connectivity index (χ1n) is 5.96. The van der Waals surface area contributed by atoms with Crippen molar-refractivity contribution in [2.24, 2.45) is 0 Å². The number of unbranched alkanes of at least 4 members (excludes halogenated alkanes) is 3. The molecule has 0 amide bonds. The maximum Gasteiger partial charge on any atom is 0.146 e. The van der Waals surface area contributed by atoms with E-state index in [0.717, 1.165) is 10.5 Å². The normalized spacial score (nSPS) is 12.9. The van der Waals surface area contributed by atoms with Crippen molar-refractivity contribution in [1.82, 2.24) is 0 Å². The van der Waals surface area contributed by atoms with Gasteiger partial charge < -0.3 is 4.43 Å². The minimum atomic E-state index is 0.342. The highest BCUT2D eigenvalue weighted by Gasteiger charge is 2.07. The van der Waals surface area contributed by atoms with Crippen LogP contribution in [-0.4, -0.2) is 10.5 Å². The Morgan fingerprint density at radius 3 is 2.47 bits per heavy atom. The maximum atomic E-state index is 5.66. The van der Waals surface area contributed by atoms with E-state index in [1.807, 2.05) is 0 Å². The summed E-state index contributed by atoms with van der Waals surface area (Å²) in [7, 11) is 0.826.